The van der Waals surface area contributed by atoms with Crippen LogP contribution < -0.4 is 5.32 Å². The number of hydrogen-bond donors (Lipinski definition) is 1. The summed E-state index contributed by atoms with van der Waals surface area (Å²) in [5.74, 6) is -4.38. The first-order valence-corrected chi connectivity index (χ1v) is 7.64. The molecule has 1 aliphatic heterocycles. The first-order chi connectivity index (χ1) is 11.8. The Labute approximate surface area is 150 Å². The van der Waals surface area contributed by atoms with E-state index in [1.807, 2.05) is 5.32 Å². The van der Waals surface area contributed by atoms with E-state index in [9.17, 15) is 23.2 Å². The number of imide groups is 1. The molecule has 0 saturated heterocycles. The van der Waals surface area contributed by atoms with Crippen molar-refractivity contribution in [2.24, 2.45) is 0 Å². The minimum atomic E-state index is -0.978. The average molecular weight is 385 g/mol. The van der Waals surface area contributed by atoms with E-state index < -0.39 is 41.6 Å². The lowest BCUT2D eigenvalue weighted by atomic mass is 10.1. The Balaban J connectivity index is 1.81. The summed E-state index contributed by atoms with van der Waals surface area (Å²) < 4.78 is 27.1. The number of nitrogens with one attached hydrogen (secondary N) is 1. The molecule has 1 heterocycles. The van der Waals surface area contributed by atoms with Crippen LogP contribution in [0.1, 0.15) is 20.7 Å². The van der Waals surface area contributed by atoms with Crippen molar-refractivity contribution in [1.82, 2.24) is 4.90 Å². The van der Waals surface area contributed by atoms with E-state index in [1.54, 1.807) is 0 Å². The molecule has 0 aromatic heterocycles. The molecule has 25 heavy (non-hydrogen) atoms. The van der Waals surface area contributed by atoms with Gasteiger partial charge in [0.25, 0.3) is 11.8 Å². The van der Waals surface area contributed by atoms with Crippen molar-refractivity contribution in [2.75, 3.05) is 11.9 Å². The smallest absolute Gasteiger partial charge is 0.262 e. The van der Waals surface area contributed by atoms with E-state index in [0.717, 1.165) is 18.2 Å². The van der Waals surface area contributed by atoms with Crippen LogP contribution in [0.5, 0.6) is 0 Å². The van der Waals surface area contributed by atoms with E-state index in [4.69, 9.17) is 23.2 Å². The summed E-state index contributed by atoms with van der Waals surface area (Å²) in [6.45, 7) is -0.713. The van der Waals surface area contributed by atoms with Crippen molar-refractivity contribution in [1.29, 1.82) is 0 Å². The molecule has 0 bridgehead atoms. The Morgan fingerprint density at radius 2 is 1.48 bits per heavy atom. The van der Waals surface area contributed by atoms with Crippen molar-refractivity contribution in [3.05, 3.63) is 63.1 Å². The zero-order valence-corrected chi connectivity index (χ0v) is 13.8. The number of carbonyl (C=O) groups excluding carboxylic acids is 3. The van der Waals surface area contributed by atoms with Gasteiger partial charge in [-0.15, -0.1) is 0 Å². The first kappa shape index (κ1) is 17.3. The van der Waals surface area contributed by atoms with Crippen LogP contribution in [0, 0.1) is 11.6 Å². The van der Waals surface area contributed by atoms with Crippen LogP contribution in [-0.4, -0.2) is 29.2 Å². The van der Waals surface area contributed by atoms with Crippen molar-refractivity contribution in [2.45, 2.75) is 0 Å². The van der Waals surface area contributed by atoms with Gasteiger partial charge in [0.15, 0.2) is 0 Å². The summed E-state index contributed by atoms with van der Waals surface area (Å²) in [5, 5.41) is 2.18. The number of fused-ring (bicyclic) bond motifs is 1. The number of nitrogens with zero attached hydrogens (tertiary/aromatic N) is 1. The van der Waals surface area contributed by atoms with E-state index in [2.05, 4.69) is 0 Å². The molecule has 0 saturated carbocycles. The van der Waals surface area contributed by atoms with Crippen molar-refractivity contribution >= 4 is 46.6 Å². The van der Waals surface area contributed by atoms with Gasteiger partial charge >= 0.3 is 0 Å². The molecule has 2 aromatic rings. The van der Waals surface area contributed by atoms with Crippen LogP contribution in [0.4, 0.5) is 14.5 Å². The second-order valence-electron chi connectivity index (χ2n) is 5.15. The predicted octanol–water partition coefficient (Wildman–Crippen LogP) is 3.51. The lowest BCUT2D eigenvalue weighted by Gasteiger charge is -2.14. The molecule has 1 N–H and O–H groups in total. The topological polar surface area (TPSA) is 66.5 Å². The van der Waals surface area contributed by atoms with Crippen molar-refractivity contribution < 1.29 is 23.2 Å². The molecule has 2 aromatic carbocycles. The number of anilines is 1. The minimum Gasteiger partial charge on any atom is -0.320 e. The van der Waals surface area contributed by atoms with Gasteiger partial charge in [0.2, 0.25) is 5.91 Å². The maximum Gasteiger partial charge on any atom is 0.262 e. The van der Waals surface area contributed by atoms with Crippen LogP contribution in [0.3, 0.4) is 0 Å². The fraction of sp³-hybridized carbons (Fsp3) is 0.0625. The Morgan fingerprint density at radius 1 is 1.00 bits per heavy atom. The van der Waals surface area contributed by atoms with Gasteiger partial charge in [0.05, 0.1) is 21.2 Å². The van der Waals surface area contributed by atoms with Gasteiger partial charge in [0.1, 0.15) is 23.9 Å². The Kier molecular flexibility index (Phi) is 4.45. The van der Waals surface area contributed by atoms with Crippen LogP contribution in [0.2, 0.25) is 10.0 Å². The maximum atomic E-state index is 13.6. The molecule has 1 aliphatic rings. The number of amides is 3. The van der Waals surface area contributed by atoms with Crippen molar-refractivity contribution in [3.63, 3.8) is 0 Å². The molecule has 0 spiro atoms. The number of hydrogen-bond acceptors (Lipinski definition) is 3. The summed E-state index contributed by atoms with van der Waals surface area (Å²) in [5.41, 5.74) is -0.649. The Morgan fingerprint density at radius 3 is 1.96 bits per heavy atom. The summed E-state index contributed by atoms with van der Waals surface area (Å²) in [4.78, 5) is 37.2. The highest BCUT2D eigenvalue weighted by atomic mass is 35.5. The third kappa shape index (κ3) is 3.08. The van der Waals surface area contributed by atoms with Crippen LogP contribution in [-0.2, 0) is 4.79 Å². The molecule has 9 heteroatoms. The summed E-state index contributed by atoms with van der Waals surface area (Å²) in [6, 6.07) is 5.52. The number of rotatable bonds is 3. The summed E-state index contributed by atoms with van der Waals surface area (Å²) in [7, 11) is 0. The second-order valence-corrected chi connectivity index (χ2v) is 5.97. The molecule has 128 valence electrons. The predicted molar refractivity (Wildman–Crippen MR) is 86.8 cm³/mol. The van der Waals surface area contributed by atoms with Crippen LogP contribution >= 0.6 is 23.2 Å². The maximum absolute atomic E-state index is 13.6. The highest BCUT2D eigenvalue weighted by Gasteiger charge is 2.37. The number of para-hydroxylation sites is 1. The van der Waals surface area contributed by atoms with Gasteiger partial charge < -0.3 is 5.32 Å². The fourth-order valence-electron chi connectivity index (χ4n) is 2.37. The van der Waals surface area contributed by atoms with Crippen molar-refractivity contribution in [3.8, 4) is 0 Å². The third-order valence-corrected chi connectivity index (χ3v) is 4.26. The molecule has 0 unspecified atom stereocenters. The highest BCUT2D eigenvalue weighted by Crippen LogP contribution is 2.31. The molecule has 0 fully saturated rings. The quantitative estimate of drug-likeness (QED) is 0.823. The van der Waals surface area contributed by atoms with E-state index in [1.165, 1.54) is 12.1 Å². The van der Waals surface area contributed by atoms with Crippen LogP contribution in [0.25, 0.3) is 0 Å². The van der Waals surface area contributed by atoms with Crippen LogP contribution in [0.15, 0.2) is 30.3 Å². The van der Waals surface area contributed by atoms with Gasteiger partial charge in [-0.2, -0.15) is 0 Å². The van der Waals surface area contributed by atoms with E-state index >= 15 is 0 Å². The molecular formula is C16H8Cl2F2N2O3. The summed E-state index contributed by atoms with van der Waals surface area (Å²) >= 11 is 11.6. The standard InChI is InChI=1S/C16H8Cl2F2N2O3/c17-9-4-7-8(5-10(9)18)16(25)22(15(7)24)6-13(23)21-14-11(19)2-1-3-12(14)20/h1-5H,6H2,(H,21,23). The summed E-state index contributed by atoms with van der Waals surface area (Å²) in [6.07, 6.45) is 0. The number of halogens is 4. The van der Waals surface area contributed by atoms with Gasteiger partial charge in [-0.1, -0.05) is 29.3 Å². The number of benzene rings is 2. The lowest BCUT2D eigenvalue weighted by molar-refractivity contribution is -0.116. The highest BCUT2D eigenvalue weighted by molar-refractivity contribution is 6.43. The number of carbonyl (C=O) groups is 3. The van der Waals surface area contributed by atoms with Gasteiger partial charge in [-0.25, -0.2) is 8.78 Å². The zero-order valence-electron chi connectivity index (χ0n) is 12.3. The minimum absolute atomic E-state index is 0.00396. The normalized spacial score (nSPS) is 13.2. The largest absolute Gasteiger partial charge is 0.320 e. The SMILES string of the molecule is O=C(CN1C(=O)c2cc(Cl)c(Cl)cc2C1=O)Nc1c(F)cccc1F. The van der Waals surface area contributed by atoms with E-state index in [0.29, 0.717) is 4.90 Å². The lowest BCUT2D eigenvalue weighted by Crippen LogP contribution is -2.37. The third-order valence-electron chi connectivity index (χ3n) is 3.54. The first-order valence-electron chi connectivity index (χ1n) is 6.88. The Bertz CT molecular complexity index is 873. The van der Waals surface area contributed by atoms with E-state index in [-0.39, 0.29) is 21.2 Å². The molecule has 0 atom stereocenters. The molecule has 0 radical (unpaired) electrons. The van der Waals surface area contributed by atoms with Gasteiger partial charge in [0, 0.05) is 0 Å². The molecule has 5 nitrogen and oxygen atoms in total. The average Bonchev–Trinajstić information content (AvgIpc) is 2.77. The second kappa shape index (κ2) is 6.42. The molecule has 0 aliphatic carbocycles. The zero-order chi connectivity index (χ0) is 18.3. The van der Waals surface area contributed by atoms with Gasteiger partial charge in [-0.3, -0.25) is 19.3 Å². The van der Waals surface area contributed by atoms with Gasteiger partial charge in [-0.05, 0) is 24.3 Å². The Hall–Kier alpha value is -2.51. The monoisotopic (exact) mass is 384 g/mol. The molecular weight excluding hydrogens is 377 g/mol. The molecule has 3 rings (SSSR count). The fourth-order valence-corrected chi connectivity index (χ4v) is 2.69. The molecule has 3 amide bonds.